The van der Waals surface area contributed by atoms with E-state index >= 15 is 0 Å². The Bertz CT molecular complexity index is 3400. The molecule has 4 fully saturated rings. The number of halogens is 4. The van der Waals surface area contributed by atoms with E-state index in [2.05, 4.69) is 31.9 Å². The number of hydrogen-bond donors (Lipinski definition) is 2. The van der Waals surface area contributed by atoms with Crippen LogP contribution in [0.25, 0.3) is 22.3 Å². The highest BCUT2D eigenvalue weighted by molar-refractivity contribution is 6.00. The smallest absolute Gasteiger partial charge is 0.337 e. The molecule has 0 unspecified atom stereocenters. The van der Waals surface area contributed by atoms with Crippen molar-refractivity contribution < 1.29 is 56.4 Å². The van der Waals surface area contributed by atoms with Crippen LogP contribution in [0.2, 0.25) is 0 Å². The lowest BCUT2D eigenvalue weighted by atomic mass is 9.92. The van der Waals surface area contributed by atoms with Crippen molar-refractivity contribution >= 4 is 23.8 Å². The summed E-state index contributed by atoms with van der Waals surface area (Å²) in [6.45, 7) is 14.5. The number of piperidine rings is 2. The third-order valence-corrected chi connectivity index (χ3v) is 18.3. The number of rotatable bonds is 20. The topological polar surface area (TPSA) is 166 Å². The summed E-state index contributed by atoms with van der Waals surface area (Å²) in [5.74, 6) is -2.54. The number of carbonyl (C=O) groups excluding carboxylic acids is 2. The fraction of sp³-hybridized carbons (Fsp3) is 0.457. The molecule has 464 valence electrons. The zero-order chi connectivity index (χ0) is 61.9. The van der Waals surface area contributed by atoms with Crippen LogP contribution >= 0.6 is 0 Å². The molecule has 6 aliphatic rings. The number of aryl methyl sites for hydroxylation is 2. The molecule has 18 heteroatoms. The van der Waals surface area contributed by atoms with E-state index in [0.29, 0.717) is 133 Å². The first-order chi connectivity index (χ1) is 42.5. The van der Waals surface area contributed by atoms with Crippen LogP contribution in [0, 0.1) is 23.3 Å². The van der Waals surface area contributed by atoms with Gasteiger partial charge in [0, 0.05) is 112 Å². The maximum Gasteiger partial charge on any atom is 0.337 e. The monoisotopic (exact) mass is 1210 g/mol. The number of amides is 2. The van der Waals surface area contributed by atoms with Crippen LogP contribution in [0.15, 0.2) is 72.8 Å². The summed E-state index contributed by atoms with van der Waals surface area (Å²) >= 11 is 0. The van der Waals surface area contributed by atoms with Crippen LogP contribution < -0.4 is 9.47 Å². The van der Waals surface area contributed by atoms with Gasteiger partial charge in [0.15, 0.2) is 0 Å². The second-order valence-corrected chi connectivity index (χ2v) is 24.3. The van der Waals surface area contributed by atoms with E-state index in [1.807, 2.05) is 49.6 Å². The van der Waals surface area contributed by atoms with Gasteiger partial charge < -0.3 is 29.5 Å². The molecule has 6 heterocycles. The third-order valence-electron chi connectivity index (χ3n) is 18.3. The number of hydrogen-bond acceptors (Lipinski definition) is 10. The molecule has 6 aromatic rings. The van der Waals surface area contributed by atoms with Crippen molar-refractivity contribution in [3.05, 3.63) is 163 Å². The van der Waals surface area contributed by atoms with E-state index in [0.717, 1.165) is 136 Å². The number of carbonyl (C=O) groups is 4. The molecular formula is C70H78F4N6O8. The SMILES string of the molecule is CCCc1nc2c(cc1C(=O)O)C(=O)N(C1CCN(Cc3cc(C4CC4)c(-c4ccc(F)cc4F)cc3OCC)CC1)CC2.CCCc1nc2c(cc1C(=O)O)C(=O)N(C1CCN(Cc3cc(C4CC4)c(-c4ccc(F)cc4F)cc3OCC)CC1)CC2. The second-order valence-electron chi connectivity index (χ2n) is 24.3. The summed E-state index contributed by atoms with van der Waals surface area (Å²) in [6, 6.07) is 18.8. The van der Waals surface area contributed by atoms with Crippen LogP contribution in [0.1, 0.15) is 190 Å². The molecule has 12 rings (SSSR count). The first-order valence-electron chi connectivity index (χ1n) is 31.6. The van der Waals surface area contributed by atoms with E-state index < -0.39 is 35.2 Å². The first-order valence-corrected chi connectivity index (χ1v) is 31.6. The van der Waals surface area contributed by atoms with Gasteiger partial charge >= 0.3 is 11.9 Å². The molecule has 0 spiro atoms. The Hall–Kier alpha value is -7.70. The van der Waals surface area contributed by atoms with Gasteiger partial charge in [0.25, 0.3) is 11.8 Å². The molecule has 4 aromatic carbocycles. The molecule has 2 aliphatic carbocycles. The second kappa shape index (κ2) is 27.0. The standard InChI is InChI=1S/2C35H39F2N3O4/c2*1-3-5-31-29(35(42)43)18-28-32(38-31)12-15-40(34(28)41)24-10-13-39(14-11-24)20-22-16-26(21-6-7-21)27(19-33(22)44-4-2)25-9-8-23(36)17-30(25)37/h2*8-9,16-19,21,24H,3-7,10-15,20H2,1-2H3,(H,42,43). The van der Waals surface area contributed by atoms with Gasteiger partial charge in [0.2, 0.25) is 0 Å². The highest BCUT2D eigenvalue weighted by atomic mass is 19.1. The van der Waals surface area contributed by atoms with Gasteiger partial charge in [-0.25, -0.2) is 27.2 Å². The summed E-state index contributed by atoms with van der Waals surface area (Å²) in [5, 5.41) is 19.5. The summed E-state index contributed by atoms with van der Waals surface area (Å²) in [6.07, 6.45) is 11.4. The zero-order valence-corrected chi connectivity index (χ0v) is 50.7. The molecule has 0 radical (unpaired) electrons. The van der Waals surface area contributed by atoms with Gasteiger partial charge in [-0.05, 0) is 173 Å². The Morgan fingerprint density at radius 2 is 0.886 bits per heavy atom. The fourth-order valence-electron chi connectivity index (χ4n) is 13.5. The van der Waals surface area contributed by atoms with E-state index in [9.17, 15) is 47.0 Å². The van der Waals surface area contributed by atoms with E-state index in [4.69, 9.17) is 9.47 Å². The Labute approximate surface area is 511 Å². The molecule has 2 saturated carbocycles. The van der Waals surface area contributed by atoms with Gasteiger partial charge in [-0.2, -0.15) is 0 Å². The highest BCUT2D eigenvalue weighted by Gasteiger charge is 2.38. The predicted octanol–water partition coefficient (Wildman–Crippen LogP) is 13.2. The van der Waals surface area contributed by atoms with Gasteiger partial charge in [0.05, 0.1) is 58.2 Å². The Morgan fingerprint density at radius 1 is 0.500 bits per heavy atom. The van der Waals surface area contributed by atoms with Crippen LogP contribution in [0.4, 0.5) is 17.6 Å². The average molecular weight is 1210 g/mol. The minimum absolute atomic E-state index is 0.0766. The Balaban J connectivity index is 0.000000182. The lowest BCUT2D eigenvalue weighted by Gasteiger charge is -2.40. The number of pyridine rings is 2. The van der Waals surface area contributed by atoms with Crippen LogP contribution in [0.5, 0.6) is 11.5 Å². The summed E-state index contributed by atoms with van der Waals surface area (Å²) in [7, 11) is 0. The number of carboxylic acids is 2. The highest BCUT2D eigenvalue weighted by Crippen LogP contribution is 2.49. The normalized spacial score (nSPS) is 17.5. The van der Waals surface area contributed by atoms with Crippen LogP contribution in [0.3, 0.4) is 0 Å². The molecule has 2 saturated heterocycles. The number of aromatic nitrogens is 2. The van der Waals surface area contributed by atoms with Crippen molar-refractivity contribution in [2.24, 2.45) is 0 Å². The van der Waals surface area contributed by atoms with Gasteiger partial charge in [-0.1, -0.05) is 26.7 Å². The minimum atomic E-state index is -1.05. The van der Waals surface area contributed by atoms with E-state index in [-0.39, 0.29) is 35.0 Å². The Kier molecular flexibility index (Phi) is 19.0. The third kappa shape index (κ3) is 13.5. The van der Waals surface area contributed by atoms with Crippen molar-refractivity contribution in [2.75, 3.05) is 52.5 Å². The van der Waals surface area contributed by atoms with Crippen molar-refractivity contribution in [1.29, 1.82) is 0 Å². The molecule has 2 amide bonds. The zero-order valence-electron chi connectivity index (χ0n) is 50.7. The van der Waals surface area contributed by atoms with E-state index in [1.165, 1.54) is 36.4 Å². The summed E-state index contributed by atoms with van der Waals surface area (Å²) in [5.41, 5.74) is 10.2. The maximum absolute atomic E-state index is 14.8. The molecule has 0 atom stereocenters. The summed E-state index contributed by atoms with van der Waals surface area (Å²) in [4.78, 5) is 68.7. The fourth-order valence-corrected chi connectivity index (χ4v) is 13.5. The average Bonchev–Trinajstić information content (AvgIpc) is 2.74. The van der Waals surface area contributed by atoms with Crippen molar-refractivity contribution in [2.45, 2.75) is 155 Å². The number of fused-ring (bicyclic) bond motifs is 2. The van der Waals surface area contributed by atoms with Gasteiger partial charge in [0.1, 0.15) is 34.8 Å². The number of carboxylic acid groups (broad SMARTS) is 2. The van der Waals surface area contributed by atoms with Gasteiger partial charge in [-0.15, -0.1) is 0 Å². The molecule has 2 N–H and O–H groups in total. The number of ether oxygens (including phenoxy) is 2. The van der Waals surface area contributed by atoms with Crippen molar-refractivity contribution in [1.82, 2.24) is 29.6 Å². The van der Waals surface area contributed by atoms with Crippen molar-refractivity contribution in [3.63, 3.8) is 0 Å². The molecule has 88 heavy (non-hydrogen) atoms. The molecule has 0 bridgehead atoms. The number of aromatic carboxylic acids is 2. The lowest BCUT2D eigenvalue weighted by molar-refractivity contribution is 0.0535. The number of benzene rings is 4. The largest absolute Gasteiger partial charge is 0.494 e. The predicted molar refractivity (Wildman–Crippen MR) is 326 cm³/mol. The Morgan fingerprint density at radius 3 is 1.22 bits per heavy atom. The quantitative estimate of drug-likeness (QED) is 0.0696. The molecule has 2 aromatic heterocycles. The molecule has 14 nitrogen and oxygen atoms in total. The van der Waals surface area contributed by atoms with Gasteiger partial charge in [-0.3, -0.25) is 29.4 Å². The molecular weight excluding hydrogens is 1130 g/mol. The number of nitrogens with zero attached hydrogens (tertiary/aromatic N) is 6. The molecule has 4 aliphatic heterocycles. The van der Waals surface area contributed by atoms with E-state index in [1.54, 1.807) is 0 Å². The van der Waals surface area contributed by atoms with Crippen LogP contribution in [-0.4, -0.2) is 128 Å². The summed E-state index contributed by atoms with van der Waals surface area (Å²) < 4.78 is 69.1. The van der Waals surface area contributed by atoms with Crippen molar-refractivity contribution in [3.8, 4) is 33.8 Å². The maximum atomic E-state index is 14.8. The van der Waals surface area contributed by atoms with Crippen LogP contribution in [-0.2, 0) is 38.8 Å². The lowest BCUT2D eigenvalue weighted by Crippen LogP contribution is -2.50. The first kappa shape index (κ1) is 61.9. The number of likely N-dealkylation sites (tertiary alicyclic amines) is 2. The minimum Gasteiger partial charge on any atom is -0.494 e.